The average Bonchev–Trinajstić information content (AvgIpc) is 3.03. The maximum atomic E-state index is 12.8. The van der Waals surface area contributed by atoms with Crippen LogP contribution in [-0.2, 0) is 16.4 Å². The number of anilines is 2. The number of nitrogens with zero attached hydrogens (tertiary/aromatic N) is 3. The predicted molar refractivity (Wildman–Crippen MR) is 123 cm³/mol. The van der Waals surface area contributed by atoms with Gasteiger partial charge < -0.3 is 14.9 Å². The van der Waals surface area contributed by atoms with E-state index in [1.807, 2.05) is 31.2 Å². The Balaban J connectivity index is 1.62. The quantitative estimate of drug-likeness (QED) is 0.663. The lowest BCUT2D eigenvalue weighted by molar-refractivity contribution is 0.0839. The van der Waals surface area contributed by atoms with Gasteiger partial charge in [-0.1, -0.05) is 29.8 Å². The zero-order valence-corrected chi connectivity index (χ0v) is 18.7. The van der Waals surface area contributed by atoms with Gasteiger partial charge in [0.25, 0.3) is 0 Å². The van der Waals surface area contributed by atoms with Crippen molar-refractivity contribution in [2.75, 3.05) is 35.2 Å². The van der Waals surface area contributed by atoms with Crippen molar-refractivity contribution in [3.8, 4) is 0 Å². The number of β-amino-alcohol motifs (C(OH)–C–C–N with tert-alkyl or cyclic N) is 1. The topological polar surface area (TPSA) is 73.7 Å². The van der Waals surface area contributed by atoms with Crippen LogP contribution in [0.15, 0.2) is 53.4 Å². The number of benzene rings is 2. The SMILES string of the molecule is Cc1ccc2nc(N3CCS(=O)(=O)c4ccccc4C3)cc(N3CCC(C)(O)C3)c2c1. The van der Waals surface area contributed by atoms with Crippen LogP contribution in [0.4, 0.5) is 11.5 Å². The summed E-state index contributed by atoms with van der Waals surface area (Å²) in [5.74, 6) is 0.829. The molecule has 2 aliphatic heterocycles. The molecule has 2 aliphatic rings. The van der Waals surface area contributed by atoms with Crippen LogP contribution in [0.25, 0.3) is 10.9 Å². The van der Waals surface area contributed by atoms with E-state index in [4.69, 9.17) is 4.98 Å². The molecule has 1 aromatic heterocycles. The molecule has 1 N–H and O–H groups in total. The van der Waals surface area contributed by atoms with Gasteiger partial charge in [-0.3, -0.25) is 0 Å². The Morgan fingerprint density at radius 1 is 1.06 bits per heavy atom. The smallest absolute Gasteiger partial charge is 0.180 e. The minimum absolute atomic E-state index is 0.0609. The van der Waals surface area contributed by atoms with Crippen LogP contribution in [-0.4, -0.2) is 49.5 Å². The summed E-state index contributed by atoms with van der Waals surface area (Å²) in [6.45, 7) is 6.16. The molecule has 3 heterocycles. The van der Waals surface area contributed by atoms with Gasteiger partial charge in [-0.2, -0.15) is 0 Å². The van der Waals surface area contributed by atoms with Gasteiger partial charge >= 0.3 is 0 Å². The van der Waals surface area contributed by atoms with Gasteiger partial charge in [0.15, 0.2) is 9.84 Å². The zero-order valence-electron chi connectivity index (χ0n) is 17.9. The fourth-order valence-electron chi connectivity index (χ4n) is 4.64. The molecular formula is C24H27N3O3S. The van der Waals surface area contributed by atoms with Gasteiger partial charge in [0.05, 0.1) is 21.8 Å². The highest BCUT2D eigenvalue weighted by Gasteiger charge is 2.33. The Bertz CT molecular complexity index is 1270. The van der Waals surface area contributed by atoms with Crippen molar-refractivity contribution in [1.29, 1.82) is 0 Å². The van der Waals surface area contributed by atoms with Crippen LogP contribution >= 0.6 is 0 Å². The van der Waals surface area contributed by atoms with E-state index < -0.39 is 15.4 Å². The summed E-state index contributed by atoms with van der Waals surface area (Å²) < 4.78 is 25.6. The zero-order chi connectivity index (χ0) is 21.8. The minimum Gasteiger partial charge on any atom is -0.388 e. The van der Waals surface area contributed by atoms with Gasteiger partial charge in [0, 0.05) is 43.3 Å². The maximum absolute atomic E-state index is 12.8. The molecule has 0 radical (unpaired) electrons. The third-order valence-corrected chi connectivity index (χ3v) is 8.13. The molecular weight excluding hydrogens is 410 g/mol. The van der Waals surface area contributed by atoms with E-state index in [9.17, 15) is 13.5 Å². The van der Waals surface area contributed by atoms with Gasteiger partial charge in [0.1, 0.15) is 5.82 Å². The summed E-state index contributed by atoms with van der Waals surface area (Å²) >= 11 is 0. The van der Waals surface area contributed by atoms with E-state index in [0.717, 1.165) is 40.1 Å². The molecule has 3 aromatic rings. The molecule has 1 fully saturated rings. The van der Waals surface area contributed by atoms with Crippen LogP contribution in [0.1, 0.15) is 24.5 Å². The summed E-state index contributed by atoms with van der Waals surface area (Å²) in [6.07, 6.45) is 0.716. The summed E-state index contributed by atoms with van der Waals surface area (Å²) in [5.41, 5.74) is 3.17. The van der Waals surface area contributed by atoms with Gasteiger partial charge in [-0.05, 0) is 44.0 Å². The van der Waals surface area contributed by atoms with Crippen LogP contribution in [0.5, 0.6) is 0 Å². The van der Waals surface area contributed by atoms with Crippen molar-refractivity contribution in [1.82, 2.24) is 4.98 Å². The van der Waals surface area contributed by atoms with Gasteiger partial charge in [0.2, 0.25) is 0 Å². The Hall–Kier alpha value is -2.64. The molecule has 0 spiro atoms. The highest BCUT2D eigenvalue weighted by molar-refractivity contribution is 7.91. The fraction of sp³-hybridized carbons (Fsp3) is 0.375. The van der Waals surface area contributed by atoms with E-state index in [2.05, 4.69) is 28.9 Å². The summed E-state index contributed by atoms with van der Waals surface area (Å²) in [4.78, 5) is 9.61. The maximum Gasteiger partial charge on any atom is 0.180 e. The highest BCUT2D eigenvalue weighted by Crippen LogP contribution is 2.36. The largest absolute Gasteiger partial charge is 0.388 e. The van der Waals surface area contributed by atoms with Crippen LogP contribution in [0, 0.1) is 6.92 Å². The molecule has 0 amide bonds. The van der Waals surface area contributed by atoms with Crippen LogP contribution in [0.3, 0.4) is 0 Å². The molecule has 1 atom stereocenters. The second kappa shape index (κ2) is 7.21. The van der Waals surface area contributed by atoms with Crippen LogP contribution < -0.4 is 9.80 Å². The lowest BCUT2D eigenvalue weighted by Gasteiger charge is -2.27. The molecule has 162 valence electrons. The number of fused-ring (bicyclic) bond motifs is 2. The number of hydrogen-bond donors (Lipinski definition) is 1. The predicted octanol–water partition coefficient (Wildman–Crippen LogP) is 3.30. The van der Waals surface area contributed by atoms with E-state index >= 15 is 0 Å². The Morgan fingerprint density at radius 2 is 1.87 bits per heavy atom. The Labute approximate surface area is 183 Å². The van der Waals surface area contributed by atoms with Crippen molar-refractivity contribution >= 4 is 32.2 Å². The molecule has 7 heteroatoms. The highest BCUT2D eigenvalue weighted by atomic mass is 32.2. The van der Waals surface area contributed by atoms with Crippen LogP contribution in [0.2, 0.25) is 0 Å². The van der Waals surface area contributed by atoms with Gasteiger partial charge in [-0.15, -0.1) is 0 Å². The van der Waals surface area contributed by atoms with E-state index in [1.165, 1.54) is 0 Å². The third kappa shape index (κ3) is 3.77. The first-order chi connectivity index (χ1) is 14.7. The number of aromatic nitrogens is 1. The lowest BCUT2D eigenvalue weighted by atomic mass is 10.1. The molecule has 5 rings (SSSR count). The van der Waals surface area contributed by atoms with Crippen molar-refractivity contribution in [3.63, 3.8) is 0 Å². The molecule has 0 aliphatic carbocycles. The minimum atomic E-state index is -3.32. The third-order valence-electron chi connectivity index (χ3n) is 6.34. The monoisotopic (exact) mass is 437 g/mol. The first kappa shape index (κ1) is 20.3. The second-order valence-electron chi connectivity index (χ2n) is 9.04. The molecule has 6 nitrogen and oxygen atoms in total. The lowest BCUT2D eigenvalue weighted by Crippen LogP contribution is -2.30. The number of aryl methyl sites for hydroxylation is 1. The van der Waals surface area contributed by atoms with E-state index in [1.54, 1.807) is 12.1 Å². The first-order valence-corrected chi connectivity index (χ1v) is 12.3. The molecule has 0 saturated carbocycles. The number of rotatable bonds is 2. The summed E-state index contributed by atoms with van der Waals surface area (Å²) in [5, 5.41) is 11.6. The number of hydrogen-bond acceptors (Lipinski definition) is 6. The second-order valence-corrected chi connectivity index (χ2v) is 11.1. The summed E-state index contributed by atoms with van der Waals surface area (Å²) in [6, 6.07) is 15.5. The summed E-state index contributed by atoms with van der Waals surface area (Å²) in [7, 11) is -3.32. The van der Waals surface area contributed by atoms with E-state index in [-0.39, 0.29) is 5.75 Å². The van der Waals surface area contributed by atoms with Crippen molar-refractivity contribution < 1.29 is 13.5 Å². The van der Waals surface area contributed by atoms with Gasteiger partial charge in [-0.25, -0.2) is 13.4 Å². The number of aliphatic hydroxyl groups is 1. The molecule has 0 bridgehead atoms. The fourth-order valence-corrected chi connectivity index (χ4v) is 6.14. The molecule has 1 saturated heterocycles. The molecule has 31 heavy (non-hydrogen) atoms. The molecule has 2 aromatic carbocycles. The number of pyridine rings is 1. The normalized spacial score (nSPS) is 23.1. The molecule has 1 unspecified atom stereocenters. The first-order valence-electron chi connectivity index (χ1n) is 10.7. The van der Waals surface area contributed by atoms with E-state index in [0.29, 0.717) is 31.0 Å². The Morgan fingerprint density at radius 3 is 2.65 bits per heavy atom. The number of sulfone groups is 1. The van der Waals surface area contributed by atoms with Crippen molar-refractivity contribution in [2.24, 2.45) is 0 Å². The van der Waals surface area contributed by atoms with Crippen molar-refractivity contribution in [3.05, 3.63) is 59.7 Å². The average molecular weight is 438 g/mol. The Kier molecular flexibility index (Phi) is 4.71. The van der Waals surface area contributed by atoms with Crippen molar-refractivity contribution in [2.45, 2.75) is 37.3 Å². The standard InChI is InChI=1S/C24H27N3O3S/c1-17-7-8-20-19(13-17)21(27-10-9-24(2,28)16-27)14-23(25-20)26-11-12-31(29,30)22-6-4-3-5-18(22)15-26/h3-8,13-14,28H,9-12,15-16H2,1-2H3.